The third-order valence-corrected chi connectivity index (χ3v) is 2.28. The van der Waals surface area contributed by atoms with E-state index in [1.807, 2.05) is 0 Å². The molecule has 66 valence electrons. The van der Waals surface area contributed by atoms with E-state index in [2.05, 4.69) is 19.2 Å². The van der Waals surface area contributed by atoms with Crippen LogP contribution in [0.3, 0.4) is 0 Å². The second kappa shape index (κ2) is 4.07. The first-order valence-corrected chi connectivity index (χ1v) is 4.66. The summed E-state index contributed by atoms with van der Waals surface area (Å²) in [6, 6.07) is 0. The molecule has 0 unspecified atom stereocenters. The van der Waals surface area contributed by atoms with Gasteiger partial charge in [-0.15, -0.1) is 0 Å². The van der Waals surface area contributed by atoms with Crippen molar-refractivity contribution in [3.63, 3.8) is 0 Å². The van der Waals surface area contributed by atoms with Crippen LogP contribution >= 0.6 is 0 Å². The van der Waals surface area contributed by atoms with Crippen LogP contribution in [-0.2, 0) is 4.74 Å². The molecule has 0 spiro atoms. The largest absolute Gasteiger partial charge is 0.360 e. The van der Waals surface area contributed by atoms with Gasteiger partial charge in [-0.25, -0.2) is 0 Å². The first-order chi connectivity index (χ1) is 5.27. The summed E-state index contributed by atoms with van der Waals surface area (Å²) in [5, 5.41) is 3.37. The third-order valence-electron chi connectivity index (χ3n) is 2.28. The Balaban J connectivity index is 2.13. The predicted octanol–water partition coefficient (Wildman–Crippen LogP) is 1.90. The van der Waals surface area contributed by atoms with Gasteiger partial charge < -0.3 is 4.74 Å². The average molecular weight is 157 g/mol. The molecule has 0 aromatic carbocycles. The third kappa shape index (κ3) is 2.80. The molecular weight excluding hydrogens is 138 g/mol. The fourth-order valence-corrected chi connectivity index (χ4v) is 1.52. The molecule has 1 atom stereocenters. The van der Waals surface area contributed by atoms with Gasteiger partial charge in [0.25, 0.3) is 0 Å². The van der Waals surface area contributed by atoms with Crippen molar-refractivity contribution in [2.24, 2.45) is 0 Å². The van der Waals surface area contributed by atoms with Gasteiger partial charge in [0, 0.05) is 6.54 Å². The van der Waals surface area contributed by atoms with Crippen molar-refractivity contribution in [1.29, 1.82) is 0 Å². The van der Waals surface area contributed by atoms with Gasteiger partial charge >= 0.3 is 0 Å². The Kier molecular flexibility index (Phi) is 3.34. The van der Waals surface area contributed by atoms with Gasteiger partial charge in [0.05, 0.1) is 6.61 Å². The SMILES string of the molecule is CCCCC[C@@]1(C)NCCO1. The minimum atomic E-state index is -0.00479. The zero-order valence-corrected chi connectivity index (χ0v) is 7.65. The minimum Gasteiger partial charge on any atom is -0.360 e. The van der Waals surface area contributed by atoms with E-state index in [9.17, 15) is 0 Å². The average Bonchev–Trinajstić information content (AvgIpc) is 2.38. The van der Waals surface area contributed by atoms with Crippen molar-refractivity contribution in [3.05, 3.63) is 0 Å². The molecule has 0 amide bonds. The molecule has 1 fully saturated rings. The number of ether oxygens (including phenoxy) is 1. The lowest BCUT2D eigenvalue weighted by Crippen LogP contribution is -2.37. The molecule has 1 heterocycles. The molecule has 1 rings (SSSR count). The summed E-state index contributed by atoms with van der Waals surface area (Å²) in [5.74, 6) is 0. The van der Waals surface area contributed by atoms with Crippen molar-refractivity contribution >= 4 is 0 Å². The Hall–Kier alpha value is -0.0800. The molecule has 11 heavy (non-hydrogen) atoms. The fraction of sp³-hybridized carbons (Fsp3) is 1.00. The van der Waals surface area contributed by atoms with Crippen LogP contribution in [0.4, 0.5) is 0 Å². The van der Waals surface area contributed by atoms with Crippen molar-refractivity contribution < 1.29 is 4.74 Å². The highest BCUT2D eigenvalue weighted by Crippen LogP contribution is 2.19. The van der Waals surface area contributed by atoms with Crippen LogP contribution in [0.1, 0.15) is 39.5 Å². The van der Waals surface area contributed by atoms with Gasteiger partial charge in [-0.2, -0.15) is 0 Å². The van der Waals surface area contributed by atoms with Gasteiger partial charge in [0.15, 0.2) is 0 Å². The lowest BCUT2D eigenvalue weighted by atomic mass is 10.1. The Morgan fingerprint density at radius 1 is 1.45 bits per heavy atom. The van der Waals surface area contributed by atoms with E-state index in [0.29, 0.717) is 0 Å². The molecule has 2 nitrogen and oxygen atoms in total. The van der Waals surface area contributed by atoms with Crippen LogP contribution in [0.15, 0.2) is 0 Å². The van der Waals surface area contributed by atoms with E-state index in [0.717, 1.165) is 19.6 Å². The monoisotopic (exact) mass is 157 g/mol. The predicted molar refractivity (Wildman–Crippen MR) is 46.5 cm³/mol. The smallest absolute Gasteiger partial charge is 0.116 e. The maximum atomic E-state index is 5.58. The lowest BCUT2D eigenvalue weighted by Gasteiger charge is -2.23. The second-order valence-corrected chi connectivity index (χ2v) is 3.46. The van der Waals surface area contributed by atoms with Gasteiger partial charge in [-0.3, -0.25) is 5.32 Å². The zero-order chi connectivity index (χ0) is 8.16. The van der Waals surface area contributed by atoms with Gasteiger partial charge in [0.2, 0.25) is 0 Å². The van der Waals surface area contributed by atoms with Crippen molar-refractivity contribution in [2.45, 2.75) is 45.3 Å². The van der Waals surface area contributed by atoms with Crippen LogP contribution < -0.4 is 5.32 Å². The molecule has 1 aliphatic heterocycles. The Labute approximate surface area is 69.3 Å². The standard InChI is InChI=1S/C9H19NO/c1-3-4-5-6-9(2)10-7-8-11-9/h10H,3-8H2,1-2H3/t9-/m0/s1. The minimum absolute atomic E-state index is 0.00479. The summed E-state index contributed by atoms with van der Waals surface area (Å²) >= 11 is 0. The first kappa shape index (κ1) is 9.01. The summed E-state index contributed by atoms with van der Waals surface area (Å²) in [6.45, 7) is 6.27. The highest BCUT2D eigenvalue weighted by molar-refractivity contribution is 4.77. The van der Waals surface area contributed by atoms with Gasteiger partial charge in [0.1, 0.15) is 5.72 Å². The van der Waals surface area contributed by atoms with Crippen LogP contribution in [0.2, 0.25) is 0 Å². The quantitative estimate of drug-likeness (QED) is 0.629. The summed E-state index contributed by atoms with van der Waals surface area (Å²) in [4.78, 5) is 0. The van der Waals surface area contributed by atoms with E-state index in [4.69, 9.17) is 4.74 Å². The van der Waals surface area contributed by atoms with E-state index in [-0.39, 0.29) is 5.72 Å². The number of unbranched alkanes of at least 4 members (excludes halogenated alkanes) is 2. The summed E-state index contributed by atoms with van der Waals surface area (Å²) in [5.41, 5.74) is -0.00479. The van der Waals surface area contributed by atoms with Gasteiger partial charge in [-0.05, 0) is 19.8 Å². The maximum Gasteiger partial charge on any atom is 0.116 e. The van der Waals surface area contributed by atoms with Crippen LogP contribution in [-0.4, -0.2) is 18.9 Å². The molecular formula is C9H19NO. The van der Waals surface area contributed by atoms with Crippen LogP contribution in [0.25, 0.3) is 0 Å². The van der Waals surface area contributed by atoms with E-state index >= 15 is 0 Å². The number of hydrogen-bond donors (Lipinski definition) is 1. The molecule has 1 aliphatic rings. The molecule has 0 aliphatic carbocycles. The highest BCUT2D eigenvalue weighted by atomic mass is 16.5. The van der Waals surface area contributed by atoms with Crippen molar-refractivity contribution in [1.82, 2.24) is 5.32 Å². The molecule has 0 saturated carbocycles. The molecule has 1 saturated heterocycles. The molecule has 0 aromatic rings. The Bertz CT molecular complexity index is 108. The molecule has 0 bridgehead atoms. The number of rotatable bonds is 4. The molecule has 0 aromatic heterocycles. The topological polar surface area (TPSA) is 21.3 Å². The van der Waals surface area contributed by atoms with Crippen LogP contribution in [0, 0.1) is 0 Å². The van der Waals surface area contributed by atoms with E-state index < -0.39 is 0 Å². The summed E-state index contributed by atoms with van der Waals surface area (Å²) < 4.78 is 5.58. The Morgan fingerprint density at radius 3 is 2.82 bits per heavy atom. The van der Waals surface area contributed by atoms with E-state index in [1.165, 1.54) is 19.3 Å². The number of nitrogens with one attached hydrogen (secondary N) is 1. The van der Waals surface area contributed by atoms with E-state index in [1.54, 1.807) is 0 Å². The summed E-state index contributed by atoms with van der Waals surface area (Å²) in [7, 11) is 0. The van der Waals surface area contributed by atoms with Crippen molar-refractivity contribution in [3.8, 4) is 0 Å². The van der Waals surface area contributed by atoms with Crippen molar-refractivity contribution in [2.75, 3.05) is 13.2 Å². The Morgan fingerprint density at radius 2 is 2.27 bits per heavy atom. The molecule has 2 heteroatoms. The highest BCUT2D eigenvalue weighted by Gasteiger charge is 2.27. The first-order valence-electron chi connectivity index (χ1n) is 4.66. The molecule has 0 radical (unpaired) electrons. The fourth-order valence-electron chi connectivity index (χ4n) is 1.52. The zero-order valence-electron chi connectivity index (χ0n) is 7.65. The maximum absolute atomic E-state index is 5.58. The van der Waals surface area contributed by atoms with Gasteiger partial charge in [-0.1, -0.05) is 19.8 Å². The van der Waals surface area contributed by atoms with Crippen LogP contribution in [0.5, 0.6) is 0 Å². The number of hydrogen-bond acceptors (Lipinski definition) is 2. The normalized spacial score (nSPS) is 31.1. The lowest BCUT2D eigenvalue weighted by molar-refractivity contribution is -0.00241. The summed E-state index contributed by atoms with van der Waals surface area (Å²) in [6.07, 6.45) is 5.04. The molecule has 1 N–H and O–H groups in total. The second-order valence-electron chi connectivity index (χ2n) is 3.46.